The van der Waals surface area contributed by atoms with Gasteiger partial charge in [0.25, 0.3) is 0 Å². The largest absolute Gasteiger partial charge is 0.111 e. The lowest BCUT2D eigenvalue weighted by Gasteiger charge is -2.36. The average Bonchev–Trinajstić information content (AvgIpc) is 2.49. The van der Waals surface area contributed by atoms with E-state index in [4.69, 9.17) is 0 Å². The van der Waals surface area contributed by atoms with E-state index in [1.807, 2.05) is 0 Å². The van der Waals surface area contributed by atoms with Crippen LogP contribution in [0.5, 0.6) is 0 Å². The molecule has 0 N–H and O–H groups in total. The molecule has 2 rings (SSSR count). The molecule has 1 spiro atoms. The Kier molecular flexibility index (Phi) is 9.88. The molecule has 124 valence electrons. The summed E-state index contributed by atoms with van der Waals surface area (Å²) in [4.78, 5) is 0.816. The van der Waals surface area contributed by atoms with Crippen molar-refractivity contribution in [3.05, 3.63) is 0 Å². The molecule has 2 heterocycles. The van der Waals surface area contributed by atoms with Gasteiger partial charge in [-0.15, -0.1) is 17.2 Å². The summed E-state index contributed by atoms with van der Waals surface area (Å²) in [5, 5.41) is 0. The Hall–Kier alpha value is 0.860. The Balaban J connectivity index is 1.89. The molecule has 0 nitrogen and oxygen atoms in total. The first kappa shape index (κ1) is 18.2. The second kappa shape index (κ2) is 11.4. The molecular formula is C19H38P2. The van der Waals surface area contributed by atoms with Gasteiger partial charge in [-0.25, -0.2) is 0 Å². The van der Waals surface area contributed by atoms with E-state index in [-0.39, 0.29) is 0 Å². The van der Waals surface area contributed by atoms with Crippen molar-refractivity contribution in [1.82, 2.24) is 0 Å². The summed E-state index contributed by atoms with van der Waals surface area (Å²) in [6, 6.07) is 0. The maximum atomic E-state index is 1.59. The van der Waals surface area contributed by atoms with Gasteiger partial charge in [-0.05, 0) is 38.0 Å². The molecular weight excluding hydrogens is 290 g/mol. The van der Waals surface area contributed by atoms with E-state index in [9.17, 15) is 0 Å². The topological polar surface area (TPSA) is 0 Å². The molecule has 0 saturated carbocycles. The average molecular weight is 328 g/mol. The standard InChI is InChI=1S/C19H38P2/c1-2-5-9-13-17-20-19(15-11-7-3-1)16-12-8-4-6-10-14-18-21-19/h20-21H,1-18H2. The van der Waals surface area contributed by atoms with E-state index in [1.54, 1.807) is 38.0 Å². The van der Waals surface area contributed by atoms with Crippen molar-refractivity contribution in [2.45, 2.75) is 108 Å². The molecule has 21 heavy (non-hydrogen) atoms. The van der Waals surface area contributed by atoms with Crippen LogP contribution in [0.4, 0.5) is 0 Å². The van der Waals surface area contributed by atoms with Crippen molar-refractivity contribution in [3.8, 4) is 0 Å². The van der Waals surface area contributed by atoms with E-state index in [2.05, 4.69) is 0 Å². The summed E-state index contributed by atoms with van der Waals surface area (Å²) in [7, 11) is 2.59. The van der Waals surface area contributed by atoms with Crippen molar-refractivity contribution >= 4 is 17.2 Å². The van der Waals surface area contributed by atoms with Crippen molar-refractivity contribution in [2.75, 3.05) is 12.3 Å². The van der Waals surface area contributed by atoms with Crippen molar-refractivity contribution in [1.29, 1.82) is 0 Å². The highest BCUT2D eigenvalue weighted by Gasteiger charge is 2.28. The molecule has 2 fully saturated rings. The molecule has 2 heteroatoms. The highest BCUT2D eigenvalue weighted by molar-refractivity contribution is 7.59. The molecule has 0 aromatic carbocycles. The third-order valence-corrected chi connectivity index (χ3v) is 10.1. The molecule has 2 aliphatic rings. The van der Waals surface area contributed by atoms with Gasteiger partial charge in [-0.3, -0.25) is 0 Å². The summed E-state index contributed by atoms with van der Waals surface area (Å²) >= 11 is 0. The van der Waals surface area contributed by atoms with Crippen LogP contribution < -0.4 is 0 Å². The smallest absolute Gasteiger partial charge is 0.00498 e. The SMILES string of the molecule is C1CCCCCC2(CCCCCCCCP2)PCCCC1. The predicted molar refractivity (Wildman–Crippen MR) is 103 cm³/mol. The predicted octanol–water partition coefficient (Wildman–Crippen LogP) is 7.31. The fourth-order valence-electron chi connectivity index (χ4n) is 4.07. The minimum Gasteiger partial charge on any atom is -0.111 e. The van der Waals surface area contributed by atoms with Gasteiger partial charge in [0.05, 0.1) is 0 Å². The monoisotopic (exact) mass is 328 g/mol. The van der Waals surface area contributed by atoms with Crippen LogP contribution in [0.2, 0.25) is 0 Å². The number of hydrogen-bond acceptors (Lipinski definition) is 0. The lowest BCUT2D eigenvalue weighted by atomic mass is 10.0. The molecule has 2 saturated heterocycles. The van der Waals surface area contributed by atoms with Gasteiger partial charge in [-0.2, -0.15) is 0 Å². The molecule has 0 aromatic heterocycles. The van der Waals surface area contributed by atoms with Gasteiger partial charge in [0.1, 0.15) is 0 Å². The van der Waals surface area contributed by atoms with E-state index in [1.165, 1.54) is 94.2 Å². The summed E-state index contributed by atoms with van der Waals surface area (Å²) in [6.07, 6.45) is 27.6. The summed E-state index contributed by atoms with van der Waals surface area (Å²) in [6.45, 7) is 0. The van der Waals surface area contributed by atoms with Gasteiger partial charge in [-0.1, -0.05) is 77.0 Å². The highest BCUT2D eigenvalue weighted by atomic mass is 31.1. The Morgan fingerprint density at radius 2 is 0.714 bits per heavy atom. The molecule has 2 aliphatic heterocycles. The molecule has 3 atom stereocenters. The van der Waals surface area contributed by atoms with Crippen LogP contribution in [0, 0.1) is 0 Å². The maximum Gasteiger partial charge on any atom is 0.00498 e. The third-order valence-electron chi connectivity index (χ3n) is 5.49. The molecule has 0 bridgehead atoms. The minimum absolute atomic E-state index is 0.816. The van der Waals surface area contributed by atoms with E-state index >= 15 is 0 Å². The van der Waals surface area contributed by atoms with Gasteiger partial charge in [0.2, 0.25) is 0 Å². The Morgan fingerprint density at radius 1 is 0.381 bits per heavy atom. The van der Waals surface area contributed by atoms with Gasteiger partial charge >= 0.3 is 0 Å². The van der Waals surface area contributed by atoms with Gasteiger partial charge < -0.3 is 0 Å². The number of rotatable bonds is 0. The first-order valence-corrected chi connectivity index (χ1v) is 12.3. The fraction of sp³-hybridized carbons (Fsp3) is 1.00. The molecule has 0 radical (unpaired) electrons. The zero-order valence-electron chi connectivity index (χ0n) is 14.2. The normalized spacial score (nSPS) is 34.3. The van der Waals surface area contributed by atoms with Gasteiger partial charge in [0.15, 0.2) is 0 Å². The van der Waals surface area contributed by atoms with Crippen LogP contribution in [-0.4, -0.2) is 17.2 Å². The number of hydrogen-bond donors (Lipinski definition) is 0. The van der Waals surface area contributed by atoms with Crippen LogP contribution >= 0.6 is 17.2 Å². The van der Waals surface area contributed by atoms with E-state index < -0.39 is 0 Å². The first-order valence-electron chi connectivity index (χ1n) is 9.91. The summed E-state index contributed by atoms with van der Waals surface area (Å²) in [5.41, 5.74) is 0. The second-order valence-electron chi connectivity index (χ2n) is 7.39. The molecule has 0 amide bonds. The van der Waals surface area contributed by atoms with Crippen LogP contribution in [-0.2, 0) is 0 Å². The first-order chi connectivity index (χ1) is 10.4. The van der Waals surface area contributed by atoms with Gasteiger partial charge in [0, 0.05) is 4.90 Å². The lowest BCUT2D eigenvalue weighted by molar-refractivity contribution is 0.507. The third kappa shape index (κ3) is 7.79. The van der Waals surface area contributed by atoms with Crippen LogP contribution in [0.3, 0.4) is 0 Å². The molecule has 0 aromatic rings. The zero-order chi connectivity index (χ0) is 14.6. The van der Waals surface area contributed by atoms with Crippen molar-refractivity contribution in [2.24, 2.45) is 0 Å². The Labute approximate surface area is 137 Å². The molecule has 3 unspecified atom stereocenters. The summed E-state index contributed by atoms with van der Waals surface area (Å²) in [5.74, 6) is 0. The van der Waals surface area contributed by atoms with Crippen LogP contribution in [0.1, 0.15) is 103 Å². The highest BCUT2D eigenvalue weighted by Crippen LogP contribution is 2.54. The second-order valence-corrected chi connectivity index (χ2v) is 11.5. The zero-order valence-corrected chi connectivity index (χ0v) is 16.2. The Bertz CT molecular complexity index is 228. The van der Waals surface area contributed by atoms with Crippen LogP contribution in [0.15, 0.2) is 0 Å². The summed E-state index contributed by atoms with van der Waals surface area (Å²) < 4.78 is 0. The quantitative estimate of drug-likeness (QED) is 0.409. The minimum atomic E-state index is 0.816. The molecule has 0 aliphatic carbocycles. The van der Waals surface area contributed by atoms with Crippen LogP contribution in [0.25, 0.3) is 0 Å². The lowest BCUT2D eigenvalue weighted by Crippen LogP contribution is -2.19. The Morgan fingerprint density at radius 3 is 1.14 bits per heavy atom. The van der Waals surface area contributed by atoms with E-state index in [0.717, 1.165) is 4.90 Å². The van der Waals surface area contributed by atoms with E-state index in [0.29, 0.717) is 0 Å². The maximum absolute atomic E-state index is 1.59. The van der Waals surface area contributed by atoms with Crippen molar-refractivity contribution in [3.63, 3.8) is 0 Å². The fourth-order valence-corrected chi connectivity index (χ4v) is 8.54. The van der Waals surface area contributed by atoms with Crippen molar-refractivity contribution < 1.29 is 0 Å².